The molecule has 1 aliphatic rings. The fraction of sp³-hybridized carbons (Fsp3) is 0.583. The highest BCUT2D eigenvalue weighted by Crippen LogP contribution is 2.22. The summed E-state index contributed by atoms with van der Waals surface area (Å²) in [5.41, 5.74) is 0. The summed E-state index contributed by atoms with van der Waals surface area (Å²) in [5, 5.41) is 0. The molecule has 1 saturated heterocycles. The number of nitrogens with zero attached hydrogens (tertiary/aromatic N) is 2. The van der Waals surface area contributed by atoms with E-state index in [1.165, 1.54) is 12.8 Å². The van der Waals surface area contributed by atoms with Gasteiger partial charge in [-0.05, 0) is 46.8 Å². The minimum Gasteiger partial charge on any atom is -0.384 e. The standard InChI is InChI=1S/C12H17BrN2O/c1-16-9-10-3-2-6-15(8-10)12-5-4-11(13)7-14-12/h4-5,7,10H,2-3,6,8-9H2,1H3. The van der Waals surface area contributed by atoms with Crippen LogP contribution in [-0.4, -0.2) is 31.8 Å². The molecule has 0 radical (unpaired) electrons. The van der Waals surface area contributed by atoms with Crippen molar-refractivity contribution < 1.29 is 4.74 Å². The van der Waals surface area contributed by atoms with Crippen molar-refractivity contribution in [3.63, 3.8) is 0 Å². The highest BCUT2D eigenvalue weighted by molar-refractivity contribution is 9.10. The Kier molecular flexibility index (Phi) is 4.18. The summed E-state index contributed by atoms with van der Waals surface area (Å²) in [6, 6.07) is 4.11. The summed E-state index contributed by atoms with van der Waals surface area (Å²) >= 11 is 3.41. The number of hydrogen-bond acceptors (Lipinski definition) is 3. The number of halogens is 1. The summed E-state index contributed by atoms with van der Waals surface area (Å²) in [5.74, 6) is 1.72. The predicted molar refractivity (Wildman–Crippen MR) is 68.8 cm³/mol. The molecule has 1 aliphatic heterocycles. The van der Waals surface area contributed by atoms with Crippen LogP contribution >= 0.6 is 15.9 Å². The van der Waals surface area contributed by atoms with E-state index >= 15 is 0 Å². The first-order chi connectivity index (χ1) is 7.79. The van der Waals surface area contributed by atoms with Crippen molar-refractivity contribution in [2.75, 3.05) is 31.7 Å². The molecule has 2 rings (SSSR count). The lowest BCUT2D eigenvalue weighted by Crippen LogP contribution is -2.37. The van der Waals surface area contributed by atoms with Crippen LogP contribution in [0.25, 0.3) is 0 Å². The Morgan fingerprint density at radius 2 is 2.44 bits per heavy atom. The van der Waals surface area contributed by atoms with E-state index in [-0.39, 0.29) is 0 Å². The zero-order valence-electron chi connectivity index (χ0n) is 9.53. The first-order valence-electron chi connectivity index (χ1n) is 5.65. The first-order valence-corrected chi connectivity index (χ1v) is 6.44. The van der Waals surface area contributed by atoms with E-state index in [9.17, 15) is 0 Å². The van der Waals surface area contributed by atoms with E-state index in [1.807, 2.05) is 12.3 Å². The van der Waals surface area contributed by atoms with E-state index in [4.69, 9.17) is 4.74 Å². The molecule has 0 amide bonds. The molecule has 0 N–H and O–H groups in total. The van der Waals surface area contributed by atoms with Gasteiger partial charge in [0.25, 0.3) is 0 Å². The van der Waals surface area contributed by atoms with Crippen molar-refractivity contribution in [3.8, 4) is 0 Å². The molecule has 0 bridgehead atoms. The van der Waals surface area contributed by atoms with Gasteiger partial charge < -0.3 is 9.64 Å². The van der Waals surface area contributed by atoms with Gasteiger partial charge in [0.15, 0.2) is 0 Å². The molecule has 3 nitrogen and oxygen atoms in total. The zero-order chi connectivity index (χ0) is 11.4. The van der Waals surface area contributed by atoms with Gasteiger partial charge in [0, 0.05) is 30.9 Å². The predicted octanol–water partition coefficient (Wildman–Crippen LogP) is 2.71. The Morgan fingerprint density at radius 3 is 3.12 bits per heavy atom. The van der Waals surface area contributed by atoms with Gasteiger partial charge in [-0.3, -0.25) is 0 Å². The summed E-state index contributed by atoms with van der Waals surface area (Å²) in [6.07, 6.45) is 4.35. The average Bonchev–Trinajstić information content (AvgIpc) is 2.31. The van der Waals surface area contributed by atoms with Gasteiger partial charge in [-0.15, -0.1) is 0 Å². The number of anilines is 1. The summed E-state index contributed by atoms with van der Waals surface area (Å²) in [4.78, 5) is 6.78. The Hall–Kier alpha value is -0.610. The molecule has 1 unspecified atom stereocenters. The van der Waals surface area contributed by atoms with Crippen molar-refractivity contribution >= 4 is 21.7 Å². The van der Waals surface area contributed by atoms with Gasteiger partial charge in [-0.1, -0.05) is 0 Å². The molecule has 0 spiro atoms. The molecule has 1 aromatic rings. The number of rotatable bonds is 3. The van der Waals surface area contributed by atoms with Gasteiger partial charge in [0.1, 0.15) is 5.82 Å². The Balaban J connectivity index is 2.01. The van der Waals surface area contributed by atoms with Crippen LogP contribution in [0.4, 0.5) is 5.82 Å². The smallest absolute Gasteiger partial charge is 0.128 e. The maximum atomic E-state index is 5.23. The maximum absolute atomic E-state index is 5.23. The van der Waals surface area contributed by atoms with Crippen molar-refractivity contribution in [2.45, 2.75) is 12.8 Å². The summed E-state index contributed by atoms with van der Waals surface area (Å²) in [7, 11) is 1.77. The number of ether oxygens (including phenoxy) is 1. The van der Waals surface area contributed by atoms with E-state index in [0.29, 0.717) is 5.92 Å². The second kappa shape index (κ2) is 5.64. The monoisotopic (exact) mass is 284 g/mol. The molecule has 1 fully saturated rings. The SMILES string of the molecule is COCC1CCCN(c2ccc(Br)cn2)C1. The Labute approximate surface area is 105 Å². The van der Waals surface area contributed by atoms with Crippen molar-refractivity contribution in [1.29, 1.82) is 0 Å². The quantitative estimate of drug-likeness (QED) is 0.854. The minimum absolute atomic E-state index is 0.643. The van der Waals surface area contributed by atoms with Crippen molar-refractivity contribution in [3.05, 3.63) is 22.8 Å². The maximum Gasteiger partial charge on any atom is 0.128 e. The first kappa shape index (κ1) is 11.9. The average molecular weight is 285 g/mol. The molecule has 0 aromatic carbocycles. The van der Waals surface area contributed by atoms with E-state index in [2.05, 4.69) is 31.9 Å². The third-order valence-electron chi connectivity index (χ3n) is 2.96. The van der Waals surface area contributed by atoms with E-state index in [1.54, 1.807) is 7.11 Å². The number of aromatic nitrogens is 1. The second-order valence-electron chi connectivity index (χ2n) is 4.24. The molecular weight excluding hydrogens is 268 g/mol. The normalized spacial score (nSPS) is 21.1. The topological polar surface area (TPSA) is 25.4 Å². The summed E-state index contributed by atoms with van der Waals surface area (Å²) in [6.45, 7) is 3.02. The fourth-order valence-corrected chi connectivity index (χ4v) is 2.43. The van der Waals surface area contributed by atoms with E-state index in [0.717, 1.165) is 30.0 Å². The Morgan fingerprint density at radius 1 is 1.56 bits per heavy atom. The largest absolute Gasteiger partial charge is 0.384 e. The third-order valence-corrected chi connectivity index (χ3v) is 3.43. The molecular formula is C12H17BrN2O. The van der Waals surface area contributed by atoms with Gasteiger partial charge in [-0.2, -0.15) is 0 Å². The molecule has 88 valence electrons. The lowest BCUT2D eigenvalue weighted by atomic mass is 9.99. The fourth-order valence-electron chi connectivity index (χ4n) is 2.20. The van der Waals surface area contributed by atoms with Crippen LogP contribution in [0.15, 0.2) is 22.8 Å². The van der Waals surface area contributed by atoms with Gasteiger partial charge in [0.2, 0.25) is 0 Å². The molecule has 4 heteroatoms. The number of piperidine rings is 1. The lowest BCUT2D eigenvalue weighted by molar-refractivity contribution is 0.143. The number of pyridine rings is 1. The van der Waals surface area contributed by atoms with Crippen LogP contribution in [0.2, 0.25) is 0 Å². The molecule has 2 heterocycles. The van der Waals surface area contributed by atoms with E-state index < -0.39 is 0 Å². The Bertz CT molecular complexity index is 326. The van der Waals surface area contributed by atoms with Crippen LogP contribution in [0.1, 0.15) is 12.8 Å². The van der Waals surface area contributed by atoms with Crippen LogP contribution < -0.4 is 4.90 Å². The van der Waals surface area contributed by atoms with Gasteiger partial charge in [0.05, 0.1) is 6.61 Å². The summed E-state index contributed by atoms with van der Waals surface area (Å²) < 4.78 is 6.26. The van der Waals surface area contributed by atoms with Crippen LogP contribution in [0.3, 0.4) is 0 Å². The van der Waals surface area contributed by atoms with Crippen molar-refractivity contribution in [1.82, 2.24) is 4.98 Å². The number of hydrogen-bond donors (Lipinski definition) is 0. The number of methoxy groups -OCH3 is 1. The second-order valence-corrected chi connectivity index (χ2v) is 5.16. The molecule has 16 heavy (non-hydrogen) atoms. The zero-order valence-corrected chi connectivity index (χ0v) is 11.1. The molecule has 0 saturated carbocycles. The van der Waals surface area contributed by atoms with Crippen LogP contribution in [-0.2, 0) is 4.74 Å². The van der Waals surface area contributed by atoms with Crippen LogP contribution in [0.5, 0.6) is 0 Å². The molecule has 1 aromatic heterocycles. The van der Waals surface area contributed by atoms with Crippen LogP contribution in [0, 0.1) is 5.92 Å². The molecule has 1 atom stereocenters. The van der Waals surface area contributed by atoms with Gasteiger partial charge >= 0.3 is 0 Å². The van der Waals surface area contributed by atoms with Crippen molar-refractivity contribution in [2.24, 2.45) is 5.92 Å². The third kappa shape index (κ3) is 2.95. The van der Waals surface area contributed by atoms with Gasteiger partial charge in [-0.25, -0.2) is 4.98 Å². The highest BCUT2D eigenvalue weighted by Gasteiger charge is 2.20. The minimum atomic E-state index is 0.643. The highest BCUT2D eigenvalue weighted by atomic mass is 79.9. The molecule has 0 aliphatic carbocycles. The lowest BCUT2D eigenvalue weighted by Gasteiger charge is -2.33.